The largest absolute Gasteiger partial charge is 0.461 e. The molecule has 0 aliphatic rings. The highest BCUT2D eigenvalue weighted by Crippen LogP contribution is 2.17. The summed E-state index contributed by atoms with van der Waals surface area (Å²) in [5.41, 5.74) is 0.520. The number of nitriles is 1. The van der Waals surface area contributed by atoms with Crippen molar-refractivity contribution in [3.8, 4) is 6.07 Å². The molecule has 0 saturated heterocycles. The highest BCUT2D eigenvalue weighted by atomic mass is 16.5. The number of aromatic nitrogens is 4. The zero-order valence-corrected chi connectivity index (χ0v) is 11.0. The Balaban J connectivity index is 2.17. The molecule has 8 nitrogen and oxygen atoms in total. The fraction of sp³-hybridized carbons (Fsp3) is 0.250. The Labute approximate surface area is 115 Å². The highest BCUT2D eigenvalue weighted by Gasteiger charge is 2.11. The molecule has 0 aliphatic carbocycles. The van der Waals surface area contributed by atoms with Crippen molar-refractivity contribution in [1.82, 2.24) is 20.0 Å². The molecule has 0 saturated carbocycles. The maximum atomic E-state index is 11.4. The van der Waals surface area contributed by atoms with Gasteiger partial charge < -0.3 is 10.1 Å². The van der Waals surface area contributed by atoms with Crippen molar-refractivity contribution in [2.75, 3.05) is 11.9 Å². The molecular formula is C12H12N6O2. The van der Waals surface area contributed by atoms with Gasteiger partial charge >= 0.3 is 5.97 Å². The van der Waals surface area contributed by atoms with Crippen molar-refractivity contribution in [2.24, 2.45) is 7.05 Å². The van der Waals surface area contributed by atoms with E-state index in [1.807, 2.05) is 6.07 Å². The summed E-state index contributed by atoms with van der Waals surface area (Å²) in [6, 6.07) is 5.09. The van der Waals surface area contributed by atoms with Gasteiger partial charge in [-0.05, 0) is 19.1 Å². The summed E-state index contributed by atoms with van der Waals surface area (Å²) in [6.07, 6.45) is 1.45. The van der Waals surface area contributed by atoms with Crippen molar-refractivity contribution < 1.29 is 9.53 Å². The lowest BCUT2D eigenvalue weighted by Crippen LogP contribution is -2.09. The molecule has 0 aromatic carbocycles. The van der Waals surface area contributed by atoms with Crippen LogP contribution in [0.3, 0.4) is 0 Å². The zero-order valence-electron chi connectivity index (χ0n) is 11.0. The number of nitrogens with one attached hydrogen (secondary N) is 1. The second-order valence-electron chi connectivity index (χ2n) is 3.79. The second-order valence-corrected chi connectivity index (χ2v) is 3.79. The number of carbonyl (C=O) groups is 1. The van der Waals surface area contributed by atoms with E-state index in [-0.39, 0.29) is 12.3 Å². The quantitative estimate of drug-likeness (QED) is 0.827. The van der Waals surface area contributed by atoms with Gasteiger partial charge in [-0.3, -0.25) is 4.68 Å². The van der Waals surface area contributed by atoms with E-state index < -0.39 is 5.97 Å². The van der Waals surface area contributed by atoms with E-state index in [9.17, 15) is 4.79 Å². The van der Waals surface area contributed by atoms with Crippen LogP contribution in [0.4, 0.5) is 11.6 Å². The molecule has 2 aromatic heterocycles. The van der Waals surface area contributed by atoms with Crippen LogP contribution in [0.1, 0.15) is 23.0 Å². The lowest BCUT2D eigenvalue weighted by atomic mass is 10.3. The number of hydrogen-bond acceptors (Lipinski definition) is 7. The van der Waals surface area contributed by atoms with Crippen molar-refractivity contribution in [1.29, 1.82) is 5.26 Å². The van der Waals surface area contributed by atoms with E-state index in [4.69, 9.17) is 10.00 Å². The summed E-state index contributed by atoms with van der Waals surface area (Å²) in [5, 5.41) is 23.5. The number of ether oxygens (including phenoxy) is 1. The molecule has 0 fully saturated rings. The van der Waals surface area contributed by atoms with Crippen LogP contribution in [0, 0.1) is 11.3 Å². The molecule has 0 radical (unpaired) electrons. The van der Waals surface area contributed by atoms with E-state index in [0.717, 1.165) is 0 Å². The van der Waals surface area contributed by atoms with Gasteiger partial charge in [0.15, 0.2) is 11.5 Å². The second kappa shape index (κ2) is 5.79. The first kappa shape index (κ1) is 13.5. The Hall–Kier alpha value is -2.95. The summed E-state index contributed by atoms with van der Waals surface area (Å²) < 4.78 is 6.32. The minimum atomic E-state index is -0.523. The number of anilines is 2. The monoisotopic (exact) mass is 272 g/mol. The summed E-state index contributed by atoms with van der Waals surface area (Å²) in [7, 11) is 1.70. The van der Waals surface area contributed by atoms with E-state index >= 15 is 0 Å². The minimum absolute atomic E-state index is 0.128. The number of nitrogens with zero attached hydrogens (tertiary/aromatic N) is 5. The predicted molar refractivity (Wildman–Crippen MR) is 69.2 cm³/mol. The Kier molecular flexibility index (Phi) is 3.91. The molecule has 20 heavy (non-hydrogen) atoms. The van der Waals surface area contributed by atoms with Gasteiger partial charge in [0.2, 0.25) is 0 Å². The normalized spacial score (nSPS) is 9.85. The standard InChI is InChI=1S/C12H12N6O2/c1-3-20-12(19)9-4-5-10(17-16-9)15-11-8(6-13)7-14-18(11)2/h4-5,7H,3H2,1-2H3,(H,15,17). The first-order chi connectivity index (χ1) is 9.65. The van der Waals surface area contributed by atoms with Crippen molar-refractivity contribution in [3.05, 3.63) is 29.6 Å². The van der Waals surface area contributed by atoms with Gasteiger partial charge in [-0.25, -0.2) is 4.79 Å². The van der Waals surface area contributed by atoms with Gasteiger partial charge in [-0.1, -0.05) is 0 Å². The molecule has 2 rings (SSSR count). The molecule has 0 aliphatic heterocycles. The van der Waals surface area contributed by atoms with Gasteiger partial charge in [-0.15, -0.1) is 10.2 Å². The van der Waals surface area contributed by atoms with Crippen LogP contribution in [0.5, 0.6) is 0 Å². The molecule has 0 amide bonds. The van der Waals surface area contributed by atoms with Crippen molar-refractivity contribution in [3.63, 3.8) is 0 Å². The smallest absolute Gasteiger partial charge is 0.358 e. The van der Waals surface area contributed by atoms with Crippen LogP contribution in [0.25, 0.3) is 0 Å². The van der Waals surface area contributed by atoms with Gasteiger partial charge in [0, 0.05) is 7.05 Å². The number of hydrogen-bond donors (Lipinski definition) is 1. The van der Waals surface area contributed by atoms with E-state index in [2.05, 4.69) is 20.6 Å². The third-order valence-electron chi connectivity index (χ3n) is 2.45. The van der Waals surface area contributed by atoms with E-state index in [0.29, 0.717) is 17.2 Å². The summed E-state index contributed by atoms with van der Waals surface area (Å²) >= 11 is 0. The van der Waals surface area contributed by atoms with E-state index in [1.54, 1.807) is 20.0 Å². The summed E-state index contributed by atoms with van der Waals surface area (Å²) in [6.45, 7) is 1.99. The molecule has 102 valence electrons. The third kappa shape index (κ3) is 2.72. The molecule has 1 N–H and O–H groups in total. The van der Waals surface area contributed by atoms with Gasteiger partial charge in [0.1, 0.15) is 17.5 Å². The topological polar surface area (TPSA) is 106 Å². The van der Waals surface area contributed by atoms with Crippen LogP contribution >= 0.6 is 0 Å². The zero-order chi connectivity index (χ0) is 14.5. The Morgan fingerprint density at radius 1 is 1.50 bits per heavy atom. The lowest BCUT2D eigenvalue weighted by Gasteiger charge is -2.06. The van der Waals surface area contributed by atoms with Gasteiger partial charge in [0.05, 0.1) is 12.8 Å². The van der Waals surface area contributed by atoms with Crippen molar-refractivity contribution >= 4 is 17.6 Å². The van der Waals surface area contributed by atoms with Crippen LogP contribution in [-0.4, -0.2) is 32.6 Å². The first-order valence-corrected chi connectivity index (χ1v) is 5.85. The summed E-state index contributed by atoms with van der Waals surface area (Å²) in [5.74, 6) is 0.383. The average molecular weight is 272 g/mol. The van der Waals surface area contributed by atoms with E-state index in [1.165, 1.54) is 16.9 Å². The molecule has 0 spiro atoms. The Morgan fingerprint density at radius 2 is 2.30 bits per heavy atom. The Morgan fingerprint density at radius 3 is 2.90 bits per heavy atom. The fourth-order valence-corrected chi connectivity index (χ4v) is 1.50. The van der Waals surface area contributed by atoms with Gasteiger partial charge in [-0.2, -0.15) is 10.4 Å². The number of carbonyl (C=O) groups excluding carboxylic acids is 1. The maximum Gasteiger partial charge on any atom is 0.358 e. The SMILES string of the molecule is CCOC(=O)c1ccc(Nc2c(C#N)cnn2C)nn1. The molecule has 8 heteroatoms. The predicted octanol–water partition coefficient (Wildman–Crippen LogP) is 1.00. The molecule has 2 heterocycles. The molecule has 0 atom stereocenters. The number of rotatable bonds is 4. The van der Waals surface area contributed by atoms with Gasteiger partial charge in [0.25, 0.3) is 0 Å². The molecular weight excluding hydrogens is 260 g/mol. The van der Waals surface area contributed by atoms with Crippen LogP contribution in [0.15, 0.2) is 18.3 Å². The van der Waals surface area contributed by atoms with Crippen LogP contribution < -0.4 is 5.32 Å². The third-order valence-corrected chi connectivity index (χ3v) is 2.45. The molecule has 2 aromatic rings. The maximum absolute atomic E-state index is 11.4. The number of aryl methyl sites for hydroxylation is 1. The Bertz CT molecular complexity index is 656. The number of esters is 1. The fourth-order valence-electron chi connectivity index (χ4n) is 1.50. The average Bonchev–Trinajstić information content (AvgIpc) is 2.81. The highest BCUT2D eigenvalue weighted by molar-refractivity contribution is 5.87. The lowest BCUT2D eigenvalue weighted by molar-refractivity contribution is 0.0518. The summed E-state index contributed by atoms with van der Waals surface area (Å²) in [4.78, 5) is 11.4. The molecule has 0 bridgehead atoms. The van der Waals surface area contributed by atoms with Crippen LogP contribution in [0.2, 0.25) is 0 Å². The molecule has 0 unspecified atom stereocenters. The van der Waals surface area contributed by atoms with Crippen molar-refractivity contribution in [2.45, 2.75) is 6.92 Å². The van der Waals surface area contributed by atoms with Crippen LogP contribution in [-0.2, 0) is 11.8 Å². The first-order valence-electron chi connectivity index (χ1n) is 5.85. The minimum Gasteiger partial charge on any atom is -0.461 e.